The number of piperidine rings is 1. The number of hydrogen-bond acceptors (Lipinski definition) is 2. The summed E-state index contributed by atoms with van der Waals surface area (Å²) in [5.41, 5.74) is 1.44. The minimum Gasteiger partial charge on any atom is -0.321 e. The highest BCUT2D eigenvalue weighted by Gasteiger charge is 2.64. The van der Waals surface area contributed by atoms with Gasteiger partial charge in [-0.1, -0.05) is 37.3 Å². The molecule has 20 heavy (non-hydrogen) atoms. The largest absolute Gasteiger partial charge is 0.344 e. The lowest BCUT2D eigenvalue weighted by molar-refractivity contribution is -0.154. The van der Waals surface area contributed by atoms with E-state index in [0.717, 1.165) is 31.0 Å². The maximum atomic E-state index is 12.4. The van der Waals surface area contributed by atoms with Gasteiger partial charge in [-0.15, -0.1) is 0 Å². The second-order valence-corrected chi connectivity index (χ2v) is 6.42. The van der Waals surface area contributed by atoms with Gasteiger partial charge >= 0.3 is 6.03 Å². The van der Waals surface area contributed by atoms with Gasteiger partial charge in [-0.05, 0) is 29.7 Å². The lowest BCUT2D eigenvalue weighted by Crippen LogP contribution is -2.42. The number of carbonyl (C=O) groups excluding carboxylic acids is 1. The average Bonchev–Trinajstić information content (AvgIpc) is 3.03. The van der Waals surface area contributed by atoms with Crippen molar-refractivity contribution in [3.8, 4) is 0 Å². The second kappa shape index (κ2) is 4.22. The summed E-state index contributed by atoms with van der Waals surface area (Å²) >= 11 is 0. The Balaban J connectivity index is 1.51. The Morgan fingerprint density at radius 1 is 1.35 bits per heavy atom. The van der Waals surface area contributed by atoms with Crippen molar-refractivity contribution in [3.63, 3.8) is 0 Å². The highest BCUT2D eigenvalue weighted by atomic mass is 16.7. The van der Waals surface area contributed by atoms with E-state index in [2.05, 4.69) is 6.92 Å². The van der Waals surface area contributed by atoms with E-state index in [0.29, 0.717) is 12.0 Å². The number of urea groups is 1. The van der Waals surface area contributed by atoms with E-state index in [4.69, 9.17) is 4.84 Å². The van der Waals surface area contributed by atoms with Crippen LogP contribution in [0.15, 0.2) is 30.3 Å². The van der Waals surface area contributed by atoms with Gasteiger partial charge in [-0.3, -0.25) is 4.84 Å². The molecule has 2 amide bonds. The Kier molecular flexibility index (Phi) is 2.58. The number of benzene rings is 1. The fraction of sp³-hybridized carbons (Fsp3) is 0.562. The number of rotatable bonds is 3. The number of hydrogen-bond donors (Lipinski definition) is 0. The molecule has 0 radical (unpaired) electrons. The lowest BCUT2D eigenvalue weighted by atomic mass is 9.88. The van der Waals surface area contributed by atoms with Crippen LogP contribution in [-0.4, -0.2) is 35.1 Å². The first kappa shape index (κ1) is 12.2. The number of nitrogens with zero attached hydrogens (tertiary/aromatic N) is 2. The topological polar surface area (TPSA) is 32.8 Å². The molecule has 2 heterocycles. The molecule has 3 atom stereocenters. The van der Waals surface area contributed by atoms with Gasteiger partial charge in [0.05, 0.1) is 6.04 Å². The molecular weight excluding hydrogens is 252 g/mol. The van der Waals surface area contributed by atoms with Crippen LogP contribution < -0.4 is 0 Å². The number of hydroxylamine groups is 2. The molecule has 3 fully saturated rings. The van der Waals surface area contributed by atoms with Crippen LogP contribution in [0.1, 0.15) is 25.3 Å². The smallest absolute Gasteiger partial charge is 0.321 e. The van der Waals surface area contributed by atoms with Gasteiger partial charge in [0.1, 0.15) is 6.61 Å². The predicted octanol–water partition coefficient (Wildman–Crippen LogP) is 2.65. The zero-order valence-corrected chi connectivity index (χ0v) is 11.8. The molecular formula is C16H20N2O2. The summed E-state index contributed by atoms with van der Waals surface area (Å²) in [5, 5.41) is 1.67. The van der Waals surface area contributed by atoms with Crippen molar-refractivity contribution < 1.29 is 9.63 Å². The van der Waals surface area contributed by atoms with Gasteiger partial charge in [0.2, 0.25) is 0 Å². The van der Waals surface area contributed by atoms with E-state index in [9.17, 15) is 4.79 Å². The first-order valence-electron chi connectivity index (χ1n) is 7.46. The Morgan fingerprint density at radius 2 is 2.10 bits per heavy atom. The molecule has 4 rings (SSSR count). The van der Waals surface area contributed by atoms with Gasteiger partial charge < -0.3 is 4.90 Å². The van der Waals surface area contributed by atoms with Gasteiger partial charge in [-0.2, -0.15) is 5.06 Å². The van der Waals surface area contributed by atoms with E-state index >= 15 is 0 Å². The zero-order chi connectivity index (χ0) is 13.7. The maximum absolute atomic E-state index is 12.4. The highest BCUT2D eigenvalue weighted by Crippen LogP contribution is 2.61. The Bertz CT molecular complexity index is 533. The molecule has 0 aromatic heterocycles. The summed E-state index contributed by atoms with van der Waals surface area (Å²) in [5.74, 6) is 0.725. The van der Waals surface area contributed by atoms with E-state index in [1.54, 1.807) is 5.06 Å². The summed E-state index contributed by atoms with van der Waals surface area (Å²) in [7, 11) is 0. The van der Waals surface area contributed by atoms with Gasteiger partial charge in [0.15, 0.2) is 0 Å². The van der Waals surface area contributed by atoms with Gasteiger partial charge in [0, 0.05) is 13.1 Å². The van der Waals surface area contributed by atoms with E-state index < -0.39 is 0 Å². The first-order chi connectivity index (χ1) is 9.71. The molecule has 1 aliphatic carbocycles. The number of amides is 2. The zero-order valence-electron chi connectivity index (χ0n) is 11.8. The predicted molar refractivity (Wildman–Crippen MR) is 74.7 cm³/mol. The van der Waals surface area contributed by atoms with Crippen LogP contribution in [-0.2, 0) is 11.4 Å². The fourth-order valence-electron chi connectivity index (χ4n) is 3.93. The Labute approximate surface area is 119 Å². The SMILES string of the molecule is C[C@H]1CC12CCN1C[C@@H]2N(OCc2ccccc2)C1=O. The molecule has 1 spiro atoms. The van der Waals surface area contributed by atoms with Crippen molar-refractivity contribution in [3.05, 3.63) is 35.9 Å². The van der Waals surface area contributed by atoms with Crippen LogP contribution in [0, 0.1) is 11.3 Å². The van der Waals surface area contributed by atoms with E-state index in [1.807, 2.05) is 35.2 Å². The third-order valence-electron chi connectivity index (χ3n) is 5.37. The maximum Gasteiger partial charge on any atom is 0.344 e. The molecule has 2 saturated heterocycles. The Morgan fingerprint density at radius 3 is 2.80 bits per heavy atom. The van der Waals surface area contributed by atoms with Crippen LogP contribution in [0.4, 0.5) is 4.79 Å². The molecule has 3 aliphatic rings. The van der Waals surface area contributed by atoms with E-state index in [1.165, 1.54) is 6.42 Å². The minimum absolute atomic E-state index is 0.0573. The van der Waals surface area contributed by atoms with Crippen molar-refractivity contribution in [2.75, 3.05) is 13.1 Å². The fourth-order valence-corrected chi connectivity index (χ4v) is 3.93. The van der Waals surface area contributed by atoms with Crippen molar-refractivity contribution in [1.82, 2.24) is 9.96 Å². The molecule has 2 aliphatic heterocycles. The molecule has 0 N–H and O–H groups in total. The quantitative estimate of drug-likeness (QED) is 0.847. The number of carbonyl (C=O) groups is 1. The van der Waals surface area contributed by atoms with Crippen LogP contribution in [0.5, 0.6) is 0 Å². The van der Waals surface area contributed by atoms with Crippen LogP contribution in [0.2, 0.25) is 0 Å². The standard InChI is InChI=1S/C16H20N2O2/c1-12-9-16(12)7-8-17-10-14(16)18(15(17)19)20-11-13-5-3-2-4-6-13/h2-6,12,14H,7-11H2,1H3/t12-,14-,16?/m0/s1. The summed E-state index contributed by atoms with van der Waals surface area (Å²) < 4.78 is 0. The highest BCUT2D eigenvalue weighted by molar-refractivity contribution is 5.77. The van der Waals surface area contributed by atoms with Crippen LogP contribution >= 0.6 is 0 Å². The normalized spacial score (nSPS) is 35.0. The van der Waals surface area contributed by atoms with Crippen molar-refractivity contribution >= 4 is 6.03 Å². The van der Waals surface area contributed by atoms with Crippen molar-refractivity contribution in [2.24, 2.45) is 11.3 Å². The van der Waals surface area contributed by atoms with Gasteiger partial charge in [0.25, 0.3) is 0 Å². The summed E-state index contributed by atoms with van der Waals surface area (Å²) in [6, 6.07) is 10.4. The third-order valence-corrected chi connectivity index (χ3v) is 5.37. The monoisotopic (exact) mass is 272 g/mol. The van der Waals surface area contributed by atoms with Crippen molar-refractivity contribution in [1.29, 1.82) is 0 Å². The summed E-state index contributed by atoms with van der Waals surface area (Å²) in [6.07, 6.45) is 2.37. The molecule has 1 aromatic rings. The Hall–Kier alpha value is -1.55. The second-order valence-electron chi connectivity index (χ2n) is 6.42. The molecule has 4 heteroatoms. The molecule has 106 valence electrons. The molecule has 2 bridgehead atoms. The average molecular weight is 272 g/mol. The minimum atomic E-state index is 0.0573. The molecule has 1 unspecified atom stereocenters. The first-order valence-corrected chi connectivity index (χ1v) is 7.46. The molecule has 1 aromatic carbocycles. The van der Waals surface area contributed by atoms with Crippen LogP contribution in [0.3, 0.4) is 0 Å². The number of fused-ring (bicyclic) bond motifs is 3. The summed E-state index contributed by atoms with van der Waals surface area (Å²) in [6.45, 7) is 4.51. The molecule has 1 saturated carbocycles. The van der Waals surface area contributed by atoms with Crippen molar-refractivity contribution in [2.45, 2.75) is 32.4 Å². The van der Waals surface area contributed by atoms with Gasteiger partial charge in [-0.25, -0.2) is 4.79 Å². The van der Waals surface area contributed by atoms with Crippen LogP contribution in [0.25, 0.3) is 0 Å². The summed E-state index contributed by atoms with van der Waals surface area (Å²) in [4.78, 5) is 20.2. The molecule has 4 nitrogen and oxygen atoms in total. The third kappa shape index (κ3) is 1.67. The van der Waals surface area contributed by atoms with E-state index in [-0.39, 0.29) is 12.1 Å². The lowest BCUT2D eigenvalue weighted by Gasteiger charge is -2.32.